The van der Waals surface area contributed by atoms with Crippen molar-refractivity contribution in [3.8, 4) is 0 Å². The fraction of sp³-hybridized carbons (Fsp3) is 0.786. The average Bonchev–Trinajstić information content (AvgIpc) is 2.71. The van der Waals surface area contributed by atoms with E-state index in [4.69, 9.17) is 0 Å². The van der Waals surface area contributed by atoms with Crippen LogP contribution in [0.15, 0.2) is 12.3 Å². The van der Waals surface area contributed by atoms with E-state index in [2.05, 4.69) is 42.2 Å². The molecule has 1 N–H and O–H groups in total. The summed E-state index contributed by atoms with van der Waals surface area (Å²) in [5.41, 5.74) is 1.65. The predicted molar refractivity (Wildman–Crippen MR) is 74.6 cm³/mol. The standard InChI is InChI=1S/C14H26N4/c1-14(2,3)13-11-15-8-10-18(13)9-6-12-5-7-16-17(12)4/h5,7,13,15H,6,8-11H2,1-4H3. The Morgan fingerprint density at radius 2 is 2.22 bits per heavy atom. The average molecular weight is 250 g/mol. The molecule has 1 aliphatic heterocycles. The lowest BCUT2D eigenvalue weighted by Crippen LogP contribution is -2.57. The highest BCUT2D eigenvalue weighted by molar-refractivity contribution is 5.01. The monoisotopic (exact) mass is 250 g/mol. The van der Waals surface area contributed by atoms with Gasteiger partial charge in [-0.05, 0) is 11.5 Å². The smallest absolute Gasteiger partial charge is 0.0492 e. The number of aromatic nitrogens is 2. The van der Waals surface area contributed by atoms with Crippen LogP contribution < -0.4 is 5.32 Å². The summed E-state index contributed by atoms with van der Waals surface area (Å²) in [6.45, 7) is 11.5. The molecular formula is C14H26N4. The summed E-state index contributed by atoms with van der Waals surface area (Å²) in [4.78, 5) is 2.63. The SMILES string of the molecule is Cn1nccc1CCN1CCNCC1C(C)(C)C. The molecule has 1 aromatic rings. The number of piperazine rings is 1. The minimum absolute atomic E-state index is 0.333. The molecule has 18 heavy (non-hydrogen) atoms. The Kier molecular flexibility index (Phi) is 4.07. The quantitative estimate of drug-likeness (QED) is 0.877. The van der Waals surface area contributed by atoms with Gasteiger partial charge in [-0.1, -0.05) is 20.8 Å². The maximum atomic E-state index is 4.23. The van der Waals surface area contributed by atoms with Crippen molar-refractivity contribution in [1.82, 2.24) is 20.0 Å². The molecule has 1 fully saturated rings. The molecule has 2 heterocycles. The van der Waals surface area contributed by atoms with Gasteiger partial charge in [0.05, 0.1) is 0 Å². The molecule has 4 nitrogen and oxygen atoms in total. The van der Waals surface area contributed by atoms with Gasteiger partial charge in [-0.3, -0.25) is 9.58 Å². The van der Waals surface area contributed by atoms with Crippen molar-refractivity contribution in [2.45, 2.75) is 33.2 Å². The maximum Gasteiger partial charge on any atom is 0.0492 e. The van der Waals surface area contributed by atoms with Gasteiger partial charge >= 0.3 is 0 Å². The second-order valence-corrected chi connectivity index (χ2v) is 6.32. The van der Waals surface area contributed by atoms with Gasteiger partial charge in [-0.2, -0.15) is 5.10 Å². The molecular weight excluding hydrogens is 224 g/mol. The molecule has 1 unspecified atom stereocenters. The molecule has 1 aromatic heterocycles. The lowest BCUT2D eigenvalue weighted by Gasteiger charge is -2.43. The Balaban J connectivity index is 1.96. The number of aryl methyl sites for hydroxylation is 1. The van der Waals surface area contributed by atoms with E-state index in [1.165, 1.54) is 5.69 Å². The van der Waals surface area contributed by atoms with Gasteiger partial charge in [0.25, 0.3) is 0 Å². The van der Waals surface area contributed by atoms with Crippen LogP contribution in [0, 0.1) is 5.41 Å². The summed E-state index contributed by atoms with van der Waals surface area (Å²) in [7, 11) is 2.02. The third kappa shape index (κ3) is 3.12. The summed E-state index contributed by atoms with van der Waals surface area (Å²) < 4.78 is 1.98. The van der Waals surface area contributed by atoms with E-state index in [1.807, 2.05) is 17.9 Å². The second kappa shape index (κ2) is 5.41. The van der Waals surface area contributed by atoms with Gasteiger partial charge in [0.1, 0.15) is 0 Å². The lowest BCUT2D eigenvalue weighted by molar-refractivity contribution is 0.0762. The molecule has 4 heteroatoms. The molecule has 0 amide bonds. The molecule has 0 aliphatic carbocycles. The molecule has 1 atom stereocenters. The van der Waals surface area contributed by atoms with Crippen molar-refractivity contribution >= 4 is 0 Å². The van der Waals surface area contributed by atoms with Crippen LogP contribution in [0.25, 0.3) is 0 Å². The Morgan fingerprint density at radius 3 is 2.83 bits per heavy atom. The van der Waals surface area contributed by atoms with E-state index in [0.29, 0.717) is 11.5 Å². The van der Waals surface area contributed by atoms with Crippen molar-refractivity contribution in [3.05, 3.63) is 18.0 Å². The molecule has 1 saturated heterocycles. The predicted octanol–water partition coefficient (Wildman–Crippen LogP) is 1.28. The number of nitrogens with one attached hydrogen (secondary N) is 1. The summed E-state index contributed by atoms with van der Waals surface area (Å²) in [5, 5.41) is 7.75. The van der Waals surface area contributed by atoms with E-state index in [0.717, 1.165) is 32.6 Å². The topological polar surface area (TPSA) is 33.1 Å². The molecule has 0 spiro atoms. The van der Waals surface area contributed by atoms with Gasteiger partial charge in [0.2, 0.25) is 0 Å². The van der Waals surface area contributed by atoms with Gasteiger partial charge in [0, 0.05) is 57.6 Å². The minimum atomic E-state index is 0.333. The summed E-state index contributed by atoms with van der Waals surface area (Å²) >= 11 is 0. The Morgan fingerprint density at radius 1 is 1.44 bits per heavy atom. The fourth-order valence-corrected chi connectivity index (χ4v) is 2.77. The number of hydrogen-bond donors (Lipinski definition) is 1. The van der Waals surface area contributed by atoms with Crippen molar-refractivity contribution in [3.63, 3.8) is 0 Å². The molecule has 102 valence electrons. The third-order valence-corrected chi connectivity index (χ3v) is 3.93. The van der Waals surface area contributed by atoms with Crippen LogP contribution in [0.4, 0.5) is 0 Å². The largest absolute Gasteiger partial charge is 0.314 e. The zero-order chi connectivity index (χ0) is 13.2. The number of hydrogen-bond acceptors (Lipinski definition) is 3. The first-order valence-electron chi connectivity index (χ1n) is 6.90. The van der Waals surface area contributed by atoms with E-state index < -0.39 is 0 Å². The Bertz CT molecular complexity index is 377. The van der Waals surface area contributed by atoms with Crippen molar-refractivity contribution in [2.75, 3.05) is 26.2 Å². The first-order valence-corrected chi connectivity index (χ1v) is 6.90. The molecule has 0 radical (unpaired) electrons. The van der Waals surface area contributed by atoms with Gasteiger partial charge in [-0.25, -0.2) is 0 Å². The highest BCUT2D eigenvalue weighted by atomic mass is 15.3. The highest BCUT2D eigenvalue weighted by Crippen LogP contribution is 2.25. The zero-order valence-electron chi connectivity index (χ0n) is 12.1. The molecule has 0 aromatic carbocycles. The fourth-order valence-electron chi connectivity index (χ4n) is 2.77. The summed E-state index contributed by atoms with van der Waals surface area (Å²) in [5.74, 6) is 0. The molecule has 1 aliphatic rings. The van der Waals surface area contributed by atoms with Crippen LogP contribution in [0.2, 0.25) is 0 Å². The summed E-state index contributed by atoms with van der Waals surface area (Å²) in [6.07, 6.45) is 2.97. The minimum Gasteiger partial charge on any atom is -0.314 e. The van der Waals surface area contributed by atoms with E-state index in [1.54, 1.807) is 0 Å². The van der Waals surface area contributed by atoms with Gasteiger partial charge in [0.15, 0.2) is 0 Å². The first kappa shape index (κ1) is 13.6. The van der Waals surface area contributed by atoms with Crippen molar-refractivity contribution in [1.29, 1.82) is 0 Å². The normalized spacial score (nSPS) is 22.3. The Labute approximate surface area is 110 Å². The second-order valence-electron chi connectivity index (χ2n) is 6.32. The molecule has 0 saturated carbocycles. The van der Waals surface area contributed by atoms with Gasteiger partial charge < -0.3 is 5.32 Å². The third-order valence-electron chi connectivity index (χ3n) is 3.93. The highest BCUT2D eigenvalue weighted by Gasteiger charge is 2.31. The van der Waals surface area contributed by atoms with E-state index in [9.17, 15) is 0 Å². The molecule has 2 rings (SSSR count). The lowest BCUT2D eigenvalue weighted by atomic mass is 9.84. The first-order chi connectivity index (χ1) is 8.48. The van der Waals surface area contributed by atoms with Crippen LogP contribution in [-0.2, 0) is 13.5 Å². The molecule has 0 bridgehead atoms. The van der Waals surface area contributed by atoms with E-state index >= 15 is 0 Å². The van der Waals surface area contributed by atoms with Crippen LogP contribution >= 0.6 is 0 Å². The summed E-state index contributed by atoms with van der Waals surface area (Å²) in [6, 6.07) is 2.74. The van der Waals surface area contributed by atoms with Crippen LogP contribution in [0.5, 0.6) is 0 Å². The van der Waals surface area contributed by atoms with Crippen LogP contribution in [0.1, 0.15) is 26.5 Å². The van der Waals surface area contributed by atoms with E-state index in [-0.39, 0.29) is 0 Å². The van der Waals surface area contributed by atoms with Crippen LogP contribution in [-0.4, -0.2) is 46.9 Å². The maximum absolute atomic E-state index is 4.23. The van der Waals surface area contributed by atoms with Gasteiger partial charge in [-0.15, -0.1) is 0 Å². The number of nitrogens with zero attached hydrogens (tertiary/aromatic N) is 3. The van der Waals surface area contributed by atoms with Crippen molar-refractivity contribution in [2.24, 2.45) is 12.5 Å². The Hall–Kier alpha value is -0.870. The van der Waals surface area contributed by atoms with Crippen molar-refractivity contribution < 1.29 is 0 Å². The number of rotatable bonds is 3. The zero-order valence-corrected chi connectivity index (χ0v) is 12.1. The van der Waals surface area contributed by atoms with Crippen LogP contribution in [0.3, 0.4) is 0 Å².